The van der Waals surface area contributed by atoms with Gasteiger partial charge in [-0.05, 0) is 37.8 Å². The maximum atomic E-state index is 12.4. The van der Waals surface area contributed by atoms with Crippen molar-refractivity contribution < 1.29 is 19.5 Å². The predicted molar refractivity (Wildman–Crippen MR) is 95.2 cm³/mol. The zero-order valence-corrected chi connectivity index (χ0v) is 15.3. The summed E-state index contributed by atoms with van der Waals surface area (Å²) in [4.78, 5) is 40.1. The highest BCUT2D eigenvalue weighted by molar-refractivity contribution is 7.09. The Morgan fingerprint density at radius 2 is 2.24 bits per heavy atom. The molecule has 1 aromatic heterocycles. The first-order chi connectivity index (χ1) is 12.0. The first-order valence-corrected chi connectivity index (χ1v) is 9.39. The number of nitrogens with one attached hydrogen (secondary N) is 1. The minimum atomic E-state index is -0.808. The van der Waals surface area contributed by atoms with Gasteiger partial charge in [-0.25, -0.2) is 0 Å². The lowest BCUT2D eigenvalue weighted by Gasteiger charge is -2.31. The quantitative estimate of drug-likeness (QED) is 0.716. The number of hydrogen-bond donors (Lipinski definition) is 2. The average Bonchev–Trinajstić information content (AvgIpc) is 3.11. The molecule has 2 rings (SSSR count). The van der Waals surface area contributed by atoms with Gasteiger partial charge in [0.15, 0.2) is 0 Å². The molecular formula is C17H25N3O4S. The fourth-order valence-corrected chi connectivity index (χ4v) is 3.54. The summed E-state index contributed by atoms with van der Waals surface area (Å²) in [5.41, 5.74) is 0. The molecule has 7 nitrogen and oxygen atoms in total. The van der Waals surface area contributed by atoms with Gasteiger partial charge in [0, 0.05) is 18.0 Å². The maximum absolute atomic E-state index is 12.4. The Balaban J connectivity index is 1.79. The first kappa shape index (κ1) is 19.4. The van der Waals surface area contributed by atoms with Gasteiger partial charge in [-0.3, -0.25) is 19.3 Å². The molecule has 25 heavy (non-hydrogen) atoms. The van der Waals surface area contributed by atoms with E-state index >= 15 is 0 Å². The average molecular weight is 367 g/mol. The van der Waals surface area contributed by atoms with Crippen LogP contribution in [0.3, 0.4) is 0 Å². The monoisotopic (exact) mass is 367 g/mol. The second kappa shape index (κ2) is 9.53. The van der Waals surface area contributed by atoms with Crippen molar-refractivity contribution in [3.8, 4) is 0 Å². The standard InChI is InChI=1S/C17H25N3O4S/c1-2-20(11-15(21)18-9-14-6-4-8-25-14)16(22)12-19-7-3-5-13(10-19)17(23)24/h4,6,8,13H,2-3,5,7,9-12H2,1H3,(H,18,21)(H,23,24). The lowest BCUT2D eigenvalue weighted by atomic mass is 9.98. The van der Waals surface area contributed by atoms with Crippen LogP contribution < -0.4 is 5.32 Å². The maximum Gasteiger partial charge on any atom is 0.307 e. The SMILES string of the molecule is CCN(CC(=O)NCc1cccs1)C(=O)CN1CCCC(C(=O)O)C1. The number of piperidine rings is 1. The summed E-state index contributed by atoms with van der Waals surface area (Å²) in [5, 5.41) is 13.9. The van der Waals surface area contributed by atoms with Crippen molar-refractivity contribution in [3.05, 3.63) is 22.4 Å². The molecule has 0 aliphatic carbocycles. The Hall–Kier alpha value is -1.93. The van der Waals surface area contributed by atoms with Crippen molar-refractivity contribution in [1.82, 2.24) is 15.1 Å². The molecule has 1 aliphatic rings. The van der Waals surface area contributed by atoms with Crippen LogP contribution in [-0.2, 0) is 20.9 Å². The fourth-order valence-electron chi connectivity index (χ4n) is 2.90. The van der Waals surface area contributed by atoms with Crippen molar-refractivity contribution in [2.75, 3.05) is 32.7 Å². The van der Waals surface area contributed by atoms with Crippen LogP contribution in [0.4, 0.5) is 0 Å². The van der Waals surface area contributed by atoms with Crippen LogP contribution in [0.2, 0.25) is 0 Å². The third-order valence-electron chi connectivity index (χ3n) is 4.32. The second-order valence-electron chi connectivity index (χ2n) is 6.18. The molecule has 1 aliphatic heterocycles. The number of carbonyl (C=O) groups excluding carboxylic acids is 2. The summed E-state index contributed by atoms with van der Waals surface area (Å²) in [6.07, 6.45) is 1.43. The van der Waals surface area contributed by atoms with Crippen molar-refractivity contribution in [2.45, 2.75) is 26.3 Å². The minimum absolute atomic E-state index is 0.0247. The molecule has 1 aromatic rings. The number of aliphatic carboxylic acids is 1. The summed E-state index contributed by atoms with van der Waals surface area (Å²) in [7, 11) is 0. The zero-order valence-electron chi connectivity index (χ0n) is 14.4. The highest BCUT2D eigenvalue weighted by atomic mass is 32.1. The van der Waals surface area contributed by atoms with Crippen LogP contribution in [0, 0.1) is 5.92 Å². The number of carbonyl (C=O) groups is 3. The van der Waals surface area contributed by atoms with E-state index in [2.05, 4.69) is 5.32 Å². The van der Waals surface area contributed by atoms with Crippen LogP contribution in [0.5, 0.6) is 0 Å². The molecule has 1 unspecified atom stereocenters. The summed E-state index contributed by atoms with van der Waals surface area (Å²) in [6.45, 7) is 4.05. The van der Waals surface area contributed by atoms with Crippen LogP contribution >= 0.6 is 11.3 Å². The Morgan fingerprint density at radius 3 is 2.88 bits per heavy atom. The van der Waals surface area contributed by atoms with Gasteiger partial charge in [-0.1, -0.05) is 6.07 Å². The molecule has 1 atom stereocenters. The lowest BCUT2D eigenvalue weighted by molar-refractivity contribution is -0.145. The molecular weight excluding hydrogens is 342 g/mol. The van der Waals surface area contributed by atoms with Gasteiger partial charge < -0.3 is 15.3 Å². The van der Waals surface area contributed by atoms with Crippen molar-refractivity contribution in [3.63, 3.8) is 0 Å². The molecule has 1 fully saturated rings. The van der Waals surface area contributed by atoms with E-state index < -0.39 is 11.9 Å². The number of hydrogen-bond acceptors (Lipinski definition) is 5. The van der Waals surface area contributed by atoms with E-state index in [0.717, 1.165) is 17.8 Å². The van der Waals surface area contributed by atoms with Gasteiger partial charge in [-0.2, -0.15) is 0 Å². The van der Waals surface area contributed by atoms with Gasteiger partial charge in [-0.15, -0.1) is 11.3 Å². The normalized spacial score (nSPS) is 17.9. The number of likely N-dealkylation sites (N-methyl/N-ethyl adjacent to an activating group) is 1. The van der Waals surface area contributed by atoms with Crippen LogP contribution in [-0.4, -0.2) is 65.4 Å². The smallest absolute Gasteiger partial charge is 0.307 e. The Kier molecular flexibility index (Phi) is 7.39. The van der Waals surface area contributed by atoms with E-state index in [1.165, 1.54) is 4.90 Å². The van der Waals surface area contributed by atoms with E-state index in [0.29, 0.717) is 26.1 Å². The predicted octanol–water partition coefficient (Wildman–Crippen LogP) is 1.01. The molecule has 0 aromatic carbocycles. The van der Waals surface area contributed by atoms with Crippen molar-refractivity contribution in [1.29, 1.82) is 0 Å². The van der Waals surface area contributed by atoms with Gasteiger partial charge in [0.25, 0.3) is 0 Å². The molecule has 0 bridgehead atoms. The number of likely N-dealkylation sites (tertiary alicyclic amines) is 1. The number of carboxylic acid groups (broad SMARTS) is 1. The summed E-state index contributed by atoms with van der Waals surface area (Å²) in [6, 6.07) is 3.87. The molecule has 0 radical (unpaired) electrons. The topological polar surface area (TPSA) is 90.0 Å². The fraction of sp³-hybridized carbons (Fsp3) is 0.588. The molecule has 1 saturated heterocycles. The van der Waals surface area contributed by atoms with E-state index in [-0.39, 0.29) is 24.9 Å². The summed E-state index contributed by atoms with van der Waals surface area (Å²) < 4.78 is 0. The van der Waals surface area contributed by atoms with Gasteiger partial charge in [0.1, 0.15) is 0 Å². The first-order valence-electron chi connectivity index (χ1n) is 8.51. The molecule has 0 spiro atoms. The molecule has 0 saturated carbocycles. The Labute approximate surface area is 151 Å². The lowest BCUT2D eigenvalue weighted by Crippen LogP contribution is -2.47. The van der Waals surface area contributed by atoms with E-state index in [1.54, 1.807) is 11.3 Å². The number of thiophene rings is 1. The van der Waals surface area contributed by atoms with Crippen molar-refractivity contribution in [2.24, 2.45) is 5.92 Å². The van der Waals surface area contributed by atoms with E-state index in [1.807, 2.05) is 29.3 Å². The largest absolute Gasteiger partial charge is 0.481 e. The molecule has 2 N–H and O–H groups in total. The summed E-state index contributed by atoms with van der Waals surface area (Å²) in [5.74, 6) is -1.55. The highest BCUT2D eigenvalue weighted by Crippen LogP contribution is 2.16. The van der Waals surface area contributed by atoms with Gasteiger partial charge >= 0.3 is 5.97 Å². The van der Waals surface area contributed by atoms with E-state index in [4.69, 9.17) is 5.11 Å². The third kappa shape index (κ3) is 6.13. The molecule has 2 amide bonds. The van der Waals surface area contributed by atoms with Gasteiger partial charge in [0.2, 0.25) is 11.8 Å². The molecule has 2 heterocycles. The van der Waals surface area contributed by atoms with E-state index in [9.17, 15) is 14.4 Å². The summed E-state index contributed by atoms with van der Waals surface area (Å²) >= 11 is 1.57. The highest BCUT2D eigenvalue weighted by Gasteiger charge is 2.27. The minimum Gasteiger partial charge on any atom is -0.481 e. The molecule has 138 valence electrons. The van der Waals surface area contributed by atoms with Crippen LogP contribution in [0.25, 0.3) is 0 Å². The number of nitrogens with zero attached hydrogens (tertiary/aromatic N) is 2. The Morgan fingerprint density at radius 1 is 1.44 bits per heavy atom. The van der Waals surface area contributed by atoms with Crippen LogP contribution in [0.15, 0.2) is 17.5 Å². The van der Waals surface area contributed by atoms with Crippen LogP contribution in [0.1, 0.15) is 24.6 Å². The third-order valence-corrected chi connectivity index (χ3v) is 5.20. The molecule has 8 heteroatoms. The number of amides is 2. The number of rotatable bonds is 8. The second-order valence-corrected chi connectivity index (χ2v) is 7.21. The van der Waals surface area contributed by atoms with Crippen molar-refractivity contribution >= 4 is 29.1 Å². The zero-order chi connectivity index (χ0) is 18.2. The van der Waals surface area contributed by atoms with Gasteiger partial charge in [0.05, 0.1) is 25.6 Å². The number of carboxylic acids is 1. The Bertz CT molecular complexity index is 591.